The first-order valence-electron chi connectivity index (χ1n) is 7.51. The maximum Gasteiger partial charge on any atom is 0.329 e. The fourth-order valence-corrected chi connectivity index (χ4v) is 3.84. The summed E-state index contributed by atoms with van der Waals surface area (Å²) in [6, 6.07) is 10.6. The smallest absolute Gasteiger partial charge is 0.329 e. The van der Waals surface area contributed by atoms with Crippen LogP contribution in [0.15, 0.2) is 48.0 Å². The summed E-state index contributed by atoms with van der Waals surface area (Å²) in [5, 5.41) is 1.94. The van der Waals surface area contributed by atoms with Crippen LogP contribution in [0.1, 0.15) is 15.9 Å². The van der Waals surface area contributed by atoms with E-state index in [0.29, 0.717) is 12.0 Å². The number of thiophene rings is 1. The topological polar surface area (TPSA) is 59.5 Å². The molecule has 3 aromatic rings. The minimum Gasteiger partial charge on any atom is -0.467 e. The summed E-state index contributed by atoms with van der Waals surface area (Å²) in [6.45, 7) is 0. The van der Waals surface area contributed by atoms with E-state index in [1.165, 1.54) is 23.3 Å². The number of benzene rings is 1. The molecule has 0 radical (unpaired) electrons. The van der Waals surface area contributed by atoms with Crippen LogP contribution < -0.4 is 4.90 Å². The lowest BCUT2D eigenvalue weighted by molar-refractivity contribution is -0.141. The number of fused-ring (bicyclic) bond motifs is 2. The molecule has 0 N–H and O–H groups in total. The van der Waals surface area contributed by atoms with Gasteiger partial charge in [0.25, 0.3) is 5.91 Å². The van der Waals surface area contributed by atoms with E-state index in [9.17, 15) is 9.59 Å². The molecule has 0 saturated carbocycles. The molecule has 4 rings (SSSR count). The number of methoxy groups -OCH3 is 1. The van der Waals surface area contributed by atoms with Gasteiger partial charge in [0.2, 0.25) is 0 Å². The largest absolute Gasteiger partial charge is 0.467 e. The van der Waals surface area contributed by atoms with Crippen LogP contribution in [0.25, 0.3) is 10.2 Å². The van der Waals surface area contributed by atoms with Crippen molar-refractivity contribution in [3.63, 3.8) is 0 Å². The Bertz CT molecular complexity index is 950. The molecule has 24 heavy (non-hydrogen) atoms. The molecule has 1 aliphatic heterocycles. The number of carbonyl (C=O) groups is 2. The third kappa shape index (κ3) is 2.27. The molecule has 6 heteroatoms. The number of ether oxygens (including phenoxy) is 1. The lowest BCUT2D eigenvalue weighted by Gasteiger charge is -2.23. The molecule has 1 unspecified atom stereocenters. The highest BCUT2D eigenvalue weighted by Crippen LogP contribution is 2.34. The Labute approximate surface area is 142 Å². The second kappa shape index (κ2) is 5.72. The van der Waals surface area contributed by atoms with Gasteiger partial charge in [0.05, 0.1) is 22.9 Å². The molecular formula is C18H14N2O3S. The number of para-hydroxylation sites is 1. The number of aromatic nitrogens is 1. The van der Waals surface area contributed by atoms with Crippen LogP contribution in [0.2, 0.25) is 0 Å². The standard InChI is InChI=1S/C18H14N2O3S/c1-23-18(22)15-8-11-4-2-3-5-14(11)20(15)17(21)12-9-16-13(19-10-12)6-7-24-16/h2-7,9-10,15H,8H2,1H3. The van der Waals surface area contributed by atoms with Crippen molar-refractivity contribution >= 4 is 39.1 Å². The van der Waals surface area contributed by atoms with Crippen molar-refractivity contribution < 1.29 is 14.3 Å². The predicted octanol–water partition coefficient (Wildman–Crippen LogP) is 3.04. The SMILES string of the molecule is COC(=O)C1Cc2ccccc2N1C(=O)c1cnc2ccsc2c1. The number of amides is 1. The minimum atomic E-state index is -0.640. The van der Waals surface area contributed by atoms with Gasteiger partial charge in [-0.25, -0.2) is 4.79 Å². The fraction of sp³-hybridized carbons (Fsp3) is 0.167. The summed E-state index contributed by atoms with van der Waals surface area (Å²) >= 11 is 1.53. The Balaban J connectivity index is 1.78. The van der Waals surface area contributed by atoms with Gasteiger partial charge in [0.1, 0.15) is 6.04 Å². The van der Waals surface area contributed by atoms with Crippen molar-refractivity contribution in [3.8, 4) is 0 Å². The average molecular weight is 338 g/mol. The zero-order valence-electron chi connectivity index (χ0n) is 12.9. The molecule has 0 aliphatic carbocycles. The van der Waals surface area contributed by atoms with Crippen molar-refractivity contribution in [2.75, 3.05) is 12.0 Å². The third-order valence-electron chi connectivity index (χ3n) is 4.22. The molecule has 0 spiro atoms. The Hall–Kier alpha value is -2.73. The van der Waals surface area contributed by atoms with E-state index in [-0.39, 0.29) is 5.91 Å². The number of rotatable bonds is 2. The van der Waals surface area contributed by atoms with Crippen LogP contribution >= 0.6 is 11.3 Å². The summed E-state index contributed by atoms with van der Waals surface area (Å²) in [5.74, 6) is -0.650. The lowest BCUT2D eigenvalue weighted by atomic mass is 10.1. The van der Waals surface area contributed by atoms with Crippen LogP contribution in [0, 0.1) is 0 Å². The number of carbonyl (C=O) groups excluding carboxylic acids is 2. The number of esters is 1. The summed E-state index contributed by atoms with van der Waals surface area (Å²) in [4.78, 5) is 31.1. The molecule has 0 saturated heterocycles. The molecule has 120 valence electrons. The van der Waals surface area contributed by atoms with Crippen LogP contribution in [0.3, 0.4) is 0 Å². The second-order valence-electron chi connectivity index (χ2n) is 5.57. The number of anilines is 1. The zero-order valence-corrected chi connectivity index (χ0v) is 13.7. The third-order valence-corrected chi connectivity index (χ3v) is 5.07. The van der Waals surface area contributed by atoms with E-state index in [2.05, 4.69) is 4.98 Å². The Morgan fingerprint density at radius 2 is 2.12 bits per heavy atom. The Kier molecular flexibility index (Phi) is 3.54. The van der Waals surface area contributed by atoms with Crippen LogP contribution in [-0.4, -0.2) is 30.0 Å². The number of pyridine rings is 1. The molecule has 1 amide bonds. The first-order valence-corrected chi connectivity index (χ1v) is 8.39. The van der Waals surface area contributed by atoms with Crippen molar-refractivity contribution in [1.29, 1.82) is 0 Å². The quantitative estimate of drug-likeness (QED) is 0.674. The van der Waals surface area contributed by atoms with Gasteiger partial charge in [0, 0.05) is 18.3 Å². The normalized spacial score (nSPS) is 16.2. The number of hydrogen-bond donors (Lipinski definition) is 0. The Morgan fingerprint density at radius 1 is 1.29 bits per heavy atom. The van der Waals surface area contributed by atoms with Crippen LogP contribution in [0.4, 0.5) is 5.69 Å². The van der Waals surface area contributed by atoms with Crippen molar-refractivity contribution in [2.45, 2.75) is 12.5 Å². The summed E-state index contributed by atoms with van der Waals surface area (Å²) in [5.41, 5.74) is 3.05. The van der Waals surface area contributed by atoms with Gasteiger partial charge in [0.15, 0.2) is 0 Å². The van der Waals surface area contributed by atoms with Gasteiger partial charge in [-0.15, -0.1) is 11.3 Å². The Morgan fingerprint density at radius 3 is 2.96 bits per heavy atom. The molecule has 1 aromatic carbocycles. The van der Waals surface area contributed by atoms with Gasteiger partial charge in [-0.3, -0.25) is 14.7 Å². The molecule has 1 atom stereocenters. The van der Waals surface area contributed by atoms with E-state index in [1.807, 2.05) is 41.8 Å². The van der Waals surface area contributed by atoms with E-state index < -0.39 is 12.0 Å². The minimum absolute atomic E-state index is 0.238. The zero-order chi connectivity index (χ0) is 16.7. The highest BCUT2D eigenvalue weighted by molar-refractivity contribution is 7.17. The number of nitrogens with zero attached hydrogens (tertiary/aromatic N) is 2. The average Bonchev–Trinajstić information content (AvgIpc) is 3.23. The number of hydrogen-bond acceptors (Lipinski definition) is 5. The van der Waals surface area contributed by atoms with E-state index in [4.69, 9.17) is 4.74 Å². The second-order valence-corrected chi connectivity index (χ2v) is 6.52. The summed E-state index contributed by atoms with van der Waals surface area (Å²) in [7, 11) is 1.34. The maximum atomic E-state index is 13.1. The van der Waals surface area contributed by atoms with Crippen molar-refractivity contribution in [2.24, 2.45) is 0 Å². The van der Waals surface area contributed by atoms with Gasteiger partial charge < -0.3 is 4.74 Å². The maximum absolute atomic E-state index is 13.1. The summed E-state index contributed by atoms with van der Waals surface area (Å²) < 4.78 is 5.84. The highest BCUT2D eigenvalue weighted by Gasteiger charge is 2.39. The monoisotopic (exact) mass is 338 g/mol. The fourth-order valence-electron chi connectivity index (χ4n) is 3.06. The van der Waals surface area contributed by atoms with Crippen molar-refractivity contribution in [1.82, 2.24) is 4.98 Å². The van der Waals surface area contributed by atoms with E-state index in [0.717, 1.165) is 21.5 Å². The van der Waals surface area contributed by atoms with Gasteiger partial charge in [-0.05, 0) is 29.1 Å². The molecule has 0 fully saturated rings. The van der Waals surface area contributed by atoms with Crippen molar-refractivity contribution in [3.05, 3.63) is 59.1 Å². The molecule has 0 bridgehead atoms. The molecular weight excluding hydrogens is 324 g/mol. The summed E-state index contributed by atoms with van der Waals surface area (Å²) in [6.07, 6.45) is 2.02. The van der Waals surface area contributed by atoms with E-state index >= 15 is 0 Å². The van der Waals surface area contributed by atoms with Gasteiger partial charge in [-0.2, -0.15) is 0 Å². The first kappa shape index (κ1) is 14.8. The predicted molar refractivity (Wildman–Crippen MR) is 92.4 cm³/mol. The van der Waals surface area contributed by atoms with Gasteiger partial charge in [-0.1, -0.05) is 18.2 Å². The van der Waals surface area contributed by atoms with Crippen LogP contribution in [0.5, 0.6) is 0 Å². The van der Waals surface area contributed by atoms with Gasteiger partial charge >= 0.3 is 5.97 Å². The molecule has 3 heterocycles. The highest BCUT2D eigenvalue weighted by atomic mass is 32.1. The molecule has 1 aliphatic rings. The molecule has 2 aromatic heterocycles. The van der Waals surface area contributed by atoms with Crippen LogP contribution in [-0.2, 0) is 16.0 Å². The van der Waals surface area contributed by atoms with E-state index in [1.54, 1.807) is 6.20 Å². The molecule has 5 nitrogen and oxygen atoms in total. The first-order chi connectivity index (χ1) is 11.7. The lowest BCUT2D eigenvalue weighted by Crippen LogP contribution is -2.43.